The molecule has 0 aromatic carbocycles. The van der Waals surface area contributed by atoms with Gasteiger partial charge >= 0.3 is 0 Å². The molecule has 2 aliphatic rings. The van der Waals surface area contributed by atoms with Crippen molar-refractivity contribution in [2.45, 2.75) is 51.5 Å². The van der Waals surface area contributed by atoms with Gasteiger partial charge in [-0.2, -0.15) is 0 Å². The molecule has 1 N–H and O–H groups in total. The molecule has 3 nitrogen and oxygen atoms in total. The van der Waals surface area contributed by atoms with Crippen LogP contribution in [0, 0.1) is 5.41 Å². The van der Waals surface area contributed by atoms with Crippen LogP contribution in [0.1, 0.15) is 45.4 Å². The van der Waals surface area contributed by atoms with E-state index >= 15 is 0 Å². The van der Waals surface area contributed by atoms with Gasteiger partial charge in [-0.15, -0.1) is 0 Å². The van der Waals surface area contributed by atoms with Crippen LogP contribution < -0.4 is 5.32 Å². The molecule has 0 bridgehead atoms. The highest BCUT2D eigenvalue weighted by atomic mass is 15.2. The minimum Gasteiger partial charge on any atom is -0.316 e. The van der Waals surface area contributed by atoms with E-state index in [1.54, 1.807) is 0 Å². The van der Waals surface area contributed by atoms with E-state index in [1.807, 2.05) is 0 Å². The Morgan fingerprint density at radius 2 is 2.05 bits per heavy atom. The fourth-order valence-corrected chi connectivity index (χ4v) is 4.08. The van der Waals surface area contributed by atoms with Crippen LogP contribution in [-0.2, 0) is 0 Å². The first-order valence-electron chi connectivity index (χ1n) is 8.25. The van der Waals surface area contributed by atoms with Crippen LogP contribution in [0.2, 0.25) is 0 Å². The van der Waals surface area contributed by atoms with Gasteiger partial charge in [-0.25, -0.2) is 0 Å². The van der Waals surface area contributed by atoms with Crippen molar-refractivity contribution >= 4 is 0 Å². The third-order valence-electron chi connectivity index (χ3n) is 5.24. The van der Waals surface area contributed by atoms with Gasteiger partial charge in [0.1, 0.15) is 0 Å². The second-order valence-electron chi connectivity index (χ2n) is 6.98. The number of piperidine rings is 2. The van der Waals surface area contributed by atoms with Crippen molar-refractivity contribution < 1.29 is 0 Å². The number of likely N-dealkylation sites (tertiary alicyclic amines) is 1. The zero-order valence-corrected chi connectivity index (χ0v) is 13.2. The molecule has 19 heavy (non-hydrogen) atoms. The summed E-state index contributed by atoms with van der Waals surface area (Å²) in [6.45, 7) is 8.64. The Labute approximate surface area is 119 Å². The van der Waals surface area contributed by atoms with E-state index in [0.717, 1.165) is 6.04 Å². The Morgan fingerprint density at radius 3 is 2.63 bits per heavy atom. The standard InChI is InChI=1S/C16H33N3/c1-4-8-16(9-5-10-17-13-16)14-19(3)15-6-11-18(2)12-7-15/h15,17H,4-14H2,1-3H3. The van der Waals surface area contributed by atoms with E-state index in [0.29, 0.717) is 5.41 Å². The lowest BCUT2D eigenvalue weighted by Gasteiger charge is -2.44. The highest BCUT2D eigenvalue weighted by Crippen LogP contribution is 2.33. The molecular weight excluding hydrogens is 234 g/mol. The lowest BCUT2D eigenvalue weighted by atomic mass is 9.76. The zero-order valence-electron chi connectivity index (χ0n) is 13.2. The summed E-state index contributed by atoms with van der Waals surface area (Å²) in [4.78, 5) is 5.14. The SMILES string of the molecule is CCCC1(CN(C)C2CCN(C)CC2)CCCNC1. The van der Waals surface area contributed by atoms with Crippen molar-refractivity contribution in [1.82, 2.24) is 15.1 Å². The molecule has 2 saturated heterocycles. The summed E-state index contributed by atoms with van der Waals surface area (Å²) in [5.74, 6) is 0. The van der Waals surface area contributed by atoms with E-state index in [9.17, 15) is 0 Å². The molecule has 112 valence electrons. The lowest BCUT2D eigenvalue weighted by Crippen LogP contribution is -2.50. The predicted octanol–water partition coefficient (Wildman–Crippen LogP) is 2.18. The molecule has 2 aliphatic heterocycles. The Bertz CT molecular complexity index is 247. The molecule has 2 rings (SSSR count). The summed E-state index contributed by atoms with van der Waals surface area (Å²) < 4.78 is 0. The van der Waals surface area contributed by atoms with Crippen molar-refractivity contribution in [3.05, 3.63) is 0 Å². The fraction of sp³-hybridized carbons (Fsp3) is 1.00. The Morgan fingerprint density at radius 1 is 1.32 bits per heavy atom. The average Bonchev–Trinajstić information content (AvgIpc) is 2.40. The second-order valence-corrected chi connectivity index (χ2v) is 6.98. The van der Waals surface area contributed by atoms with Gasteiger partial charge in [-0.3, -0.25) is 0 Å². The van der Waals surface area contributed by atoms with Gasteiger partial charge in [0.25, 0.3) is 0 Å². The number of rotatable bonds is 5. The van der Waals surface area contributed by atoms with Crippen LogP contribution >= 0.6 is 0 Å². The van der Waals surface area contributed by atoms with Crippen molar-refractivity contribution in [2.24, 2.45) is 5.41 Å². The van der Waals surface area contributed by atoms with Crippen LogP contribution in [0.5, 0.6) is 0 Å². The molecule has 0 aromatic rings. The second kappa shape index (κ2) is 7.05. The first-order valence-corrected chi connectivity index (χ1v) is 8.25. The largest absolute Gasteiger partial charge is 0.316 e. The summed E-state index contributed by atoms with van der Waals surface area (Å²) in [7, 11) is 4.61. The summed E-state index contributed by atoms with van der Waals surface area (Å²) in [6.07, 6.45) is 8.19. The highest BCUT2D eigenvalue weighted by molar-refractivity contribution is 4.89. The van der Waals surface area contributed by atoms with Gasteiger partial charge < -0.3 is 15.1 Å². The maximum Gasteiger partial charge on any atom is 0.0117 e. The average molecular weight is 267 g/mol. The third-order valence-corrected chi connectivity index (χ3v) is 5.24. The molecule has 0 radical (unpaired) electrons. The molecule has 0 saturated carbocycles. The maximum absolute atomic E-state index is 3.64. The van der Waals surface area contributed by atoms with Crippen LogP contribution in [-0.4, -0.2) is 62.7 Å². The van der Waals surface area contributed by atoms with E-state index in [4.69, 9.17) is 0 Å². The van der Waals surface area contributed by atoms with Crippen LogP contribution in [0.25, 0.3) is 0 Å². The first-order chi connectivity index (χ1) is 9.15. The summed E-state index contributed by atoms with van der Waals surface area (Å²) >= 11 is 0. The van der Waals surface area contributed by atoms with E-state index in [2.05, 4.69) is 36.1 Å². The maximum atomic E-state index is 3.64. The molecule has 2 fully saturated rings. The Balaban J connectivity index is 1.89. The number of hydrogen-bond acceptors (Lipinski definition) is 3. The summed E-state index contributed by atoms with van der Waals surface area (Å²) in [5.41, 5.74) is 0.547. The number of nitrogens with one attached hydrogen (secondary N) is 1. The number of hydrogen-bond donors (Lipinski definition) is 1. The Kier molecular flexibility index (Phi) is 5.67. The molecule has 0 aromatic heterocycles. The van der Waals surface area contributed by atoms with Gasteiger partial charge in [-0.1, -0.05) is 13.3 Å². The van der Waals surface area contributed by atoms with E-state index < -0.39 is 0 Å². The Hall–Kier alpha value is -0.120. The van der Waals surface area contributed by atoms with Gasteiger partial charge in [0.05, 0.1) is 0 Å². The monoisotopic (exact) mass is 267 g/mol. The lowest BCUT2D eigenvalue weighted by molar-refractivity contribution is 0.0703. The first kappa shape index (κ1) is 15.3. The quantitative estimate of drug-likeness (QED) is 0.824. The van der Waals surface area contributed by atoms with Crippen LogP contribution in [0.3, 0.4) is 0 Å². The summed E-state index contributed by atoms with van der Waals surface area (Å²) in [5, 5.41) is 3.64. The van der Waals surface area contributed by atoms with Crippen molar-refractivity contribution in [2.75, 3.05) is 46.8 Å². The normalized spacial score (nSPS) is 30.9. The third kappa shape index (κ3) is 4.17. The van der Waals surface area contributed by atoms with Crippen molar-refractivity contribution in [1.29, 1.82) is 0 Å². The van der Waals surface area contributed by atoms with E-state index in [-0.39, 0.29) is 0 Å². The minimum atomic E-state index is 0.547. The van der Waals surface area contributed by atoms with Crippen LogP contribution in [0.15, 0.2) is 0 Å². The smallest absolute Gasteiger partial charge is 0.0117 e. The molecule has 0 spiro atoms. The molecule has 2 heterocycles. The molecule has 1 atom stereocenters. The van der Waals surface area contributed by atoms with Gasteiger partial charge in [0.2, 0.25) is 0 Å². The van der Waals surface area contributed by atoms with Gasteiger partial charge in [0.15, 0.2) is 0 Å². The fourth-order valence-electron chi connectivity index (χ4n) is 4.08. The van der Waals surface area contributed by atoms with Crippen LogP contribution in [0.4, 0.5) is 0 Å². The minimum absolute atomic E-state index is 0.547. The molecule has 3 heteroatoms. The van der Waals surface area contributed by atoms with Gasteiger partial charge in [0, 0.05) is 19.1 Å². The summed E-state index contributed by atoms with van der Waals surface area (Å²) in [6, 6.07) is 0.812. The number of nitrogens with zero attached hydrogens (tertiary/aromatic N) is 2. The van der Waals surface area contributed by atoms with Crippen molar-refractivity contribution in [3.63, 3.8) is 0 Å². The predicted molar refractivity (Wildman–Crippen MR) is 82.6 cm³/mol. The molecule has 1 unspecified atom stereocenters. The molecule has 0 amide bonds. The topological polar surface area (TPSA) is 18.5 Å². The van der Waals surface area contributed by atoms with Crippen molar-refractivity contribution in [3.8, 4) is 0 Å². The molecule has 0 aliphatic carbocycles. The molecular formula is C16H33N3. The van der Waals surface area contributed by atoms with E-state index in [1.165, 1.54) is 71.2 Å². The highest BCUT2D eigenvalue weighted by Gasteiger charge is 2.34. The van der Waals surface area contributed by atoms with Gasteiger partial charge in [-0.05, 0) is 71.2 Å². The zero-order chi connectivity index (χ0) is 13.7.